The zero-order valence-corrected chi connectivity index (χ0v) is 18.4. The molecule has 5 nitrogen and oxygen atoms in total. The van der Waals surface area contributed by atoms with Crippen molar-refractivity contribution in [3.63, 3.8) is 0 Å². The first-order valence-corrected chi connectivity index (χ1v) is 10.4. The molecular formula is C21H42N2O3. The van der Waals surface area contributed by atoms with Gasteiger partial charge in [-0.05, 0) is 47.5 Å². The maximum Gasteiger partial charge on any atom is 0.302 e. The molecule has 0 aromatic rings. The van der Waals surface area contributed by atoms with Gasteiger partial charge in [-0.1, -0.05) is 26.7 Å². The Morgan fingerprint density at radius 2 is 1.54 bits per heavy atom. The van der Waals surface area contributed by atoms with Crippen molar-refractivity contribution in [3.05, 3.63) is 0 Å². The maximum atomic E-state index is 11.4. The van der Waals surface area contributed by atoms with Gasteiger partial charge in [0.1, 0.15) is 12.3 Å². The summed E-state index contributed by atoms with van der Waals surface area (Å²) in [6.07, 6.45) is 6.33. The Hall–Kier alpha value is -0.650. The van der Waals surface area contributed by atoms with Crippen LogP contribution in [0, 0.1) is 0 Å². The van der Waals surface area contributed by atoms with Crippen LogP contribution in [0.5, 0.6) is 0 Å². The summed E-state index contributed by atoms with van der Waals surface area (Å²) in [5, 5.41) is 2.16. The zero-order chi connectivity index (χ0) is 20.0. The van der Waals surface area contributed by atoms with Crippen molar-refractivity contribution in [1.29, 1.82) is 0 Å². The fourth-order valence-electron chi connectivity index (χ4n) is 4.19. The molecule has 1 fully saturated rings. The van der Waals surface area contributed by atoms with E-state index in [9.17, 15) is 4.79 Å². The smallest absolute Gasteiger partial charge is 0.302 e. The van der Waals surface area contributed by atoms with Crippen LogP contribution in [0.1, 0.15) is 93.9 Å². The third-order valence-electron chi connectivity index (χ3n) is 5.26. The summed E-state index contributed by atoms with van der Waals surface area (Å²) in [5.41, 5.74) is -0.394. The molecule has 1 rings (SSSR count). The molecule has 0 bridgehead atoms. The van der Waals surface area contributed by atoms with Crippen LogP contribution < -0.4 is 0 Å². The summed E-state index contributed by atoms with van der Waals surface area (Å²) in [7, 11) is 0. The van der Waals surface area contributed by atoms with Crippen molar-refractivity contribution < 1.29 is 14.4 Å². The van der Waals surface area contributed by atoms with Crippen LogP contribution >= 0.6 is 0 Å². The van der Waals surface area contributed by atoms with Gasteiger partial charge in [0.15, 0.2) is 0 Å². The molecule has 0 radical (unpaired) electrons. The van der Waals surface area contributed by atoms with Crippen molar-refractivity contribution in [2.45, 2.75) is 117 Å². The molecule has 26 heavy (non-hydrogen) atoms. The highest BCUT2D eigenvalue weighted by molar-refractivity contribution is 5.66. The summed E-state index contributed by atoms with van der Waals surface area (Å²) in [6, 6.07) is 0. The minimum absolute atomic E-state index is 0.0388. The predicted molar refractivity (Wildman–Crippen MR) is 107 cm³/mol. The highest BCUT2D eigenvalue weighted by Crippen LogP contribution is 2.40. The Kier molecular flexibility index (Phi) is 9.04. The third kappa shape index (κ3) is 6.82. The summed E-state index contributed by atoms with van der Waals surface area (Å²) in [4.78, 5) is 20.4. The van der Waals surface area contributed by atoms with Crippen molar-refractivity contribution in [1.82, 2.24) is 9.96 Å². The van der Waals surface area contributed by atoms with Crippen LogP contribution in [-0.2, 0) is 14.4 Å². The molecule has 5 heteroatoms. The van der Waals surface area contributed by atoms with Crippen molar-refractivity contribution >= 4 is 5.97 Å². The van der Waals surface area contributed by atoms with Crippen molar-refractivity contribution in [2.75, 3.05) is 13.1 Å². The van der Waals surface area contributed by atoms with E-state index in [1.807, 2.05) is 0 Å². The number of carbonyl (C=O) groups excluding carboxylic acids is 1. The number of unbranched alkanes of at least 4 members (excludes halogenated alkanes) is 2. The molecule has 1 unspecified atom stereocenters. The van der Waals surface area contributed by atoms with Crippen LogP contribution in [0.4, 0.5) is 0 Å². The van der Waals surface area contributed by atoms with E-state index in [2.05, 4.69) is 58.4 Å². The van der Waals surface area contributed by atoms with E-state index in [-0.39, 0.29) is 29.4 Å². The van der Waals surface area contributed by atoms with E-state index >= 15 is 0 Å². The quantitative estimate of drug-likeness (QED) is 0.410. The van der Waals surface area contributed by atoms with Gasteiger partial charge in [-0.3, -0.25) is 14.5 Å². The Labute approximate surface area is 161 Å². The molecule has 0 spiro atoms. The Morgan fingerprint density at radius 3 is 1.92 bits per heavy atom. The first-order valence-electron chi connectivity index (χ1n) is 10.4. The lowest BCUT2D eigenvalue weighted by molar-refractivity contribution is -0.333. The molecule has 0 N–H and O–H groups in total. The molecule has 1 saturated heterocycles. The summed E-state index contributed by atoms with van der Waals surface area (Å²) >= 11 is 0. The van der Waals surface area contributed by atoms with E-state index in [4.69, 9.17) is 9.57 Å². The predicted octanol–water partition coefficient (Wildman–Crippen LogP) is 4.75. The van der Waals surface area contributed by atoms with Crippen LogP contribution in [0.3, 0.4) is 0 Å². The highest BCUT2D eigenvalue weighted by Gasteiger charge is 2.48. The van der Waals surface area contributed by atoms with E-state index in [1.54, 1.807) is 0 Å². The first-order chi connectivity index (χ1) is 12.0. The van der Waals surface area contributed by atoms with Gasteiger partial charge in [-0.2, -0.15) is 5.06 Å². The summed E-state index contributed by atoms with van der Waals surface area (Å²) < 4.78 is 5.54. The average Bonchev–Trinajstić information content (AvgIpc) is 2.49. The molecule has 0 saturated carbocycles. The molecule has 0 aromatic heterocycles. The van der Waals surface area contributed by atoms with Gasteiger partial charge >= 0.3 is 5.97 Å². The standard InChI is InChI=1S/C21H42N2O3/c1-9-11-13-22(14-12-10-2)17(3)26-23-20(5,6)15-19(25-18(4)24)16-21(23,7)8/h17,19H,9-16H2,1-8H3. The fraction of sp³-hybridized carbons (Fsp3) is 0.952. The summed E-state index contributed by atoms with van der Waals surface area (Å²) in [5.74, 6) is -0.199. The number of rotatable bonds is 10. The number of esters is 1. The third-order valence-corrected chi connectivity index (χ3v) is 5.26. The van der Waals surface area contributed by atoms with Gasteiger partial charge in [0.25, 0.3) is 0 Å². The number of carbonyl (C=O) groups is 1. The Bertz CT molecular complexity index is 411. The van der Waals surface area contributed by atoms with E-state index in [0.717, 1.165) is 25.9 Å². The van der Waals surface area contributed by atoms with Crippen LogP contribution in [0.2, 0.25) is 0 Å². The molecule has 1 atom stereocenters. The normalized spacial score (nSPS) is 21.7. The van der Waals surface area contributed by atoms with E-state index < -0.39 is 0 Å². The van der Waals surface area contributed by atoms with Crippen LogP contribution in [-0.4, -0.2) is 52.4 Å². The topological polar surface area (TPSA) is 42.0 Å². The average molecular weight is 371 g/mol. The second-order valence-corrected chi connectivity index (χ2v) is 9.01. The monoisotopic (exact) mass is 370 g/mol. The van der Waals surface area contributed by atoms with Crippen molar-refractivity contribution in [3.8, 4) is 0 Å². The molecule has 1 heterocycles. The van der Waals surface area contributed by atoms with Crippen molar-refractivity contribution in [2.24, 2.45) is 0 Å². The number of nitrogens with zero attached hydrogens (tertiary/aromatic N) is 2. The Morgan fingerprint density at radius 1 is 1.08 bits per heavy atom. The molecule has 0 aliphatic carbocycles. The molecule has 1 aliphatic rings. The van der Waals surface area contributed by atoms with Gasteiger partial charge in [0.05, 0.1) is 0 Å². The van der Waals surface area contributed by atoms with Gasteiger partial charge in [-0.25, -0.2) is 0 Å². The van der Waals surface area contributed by atoms with Gasteiger partial charge in [-0.15, -0.1) is 0 Å². The zero-order valence-electron chi connectivity index (χ0n) is 18.4. The van der Waals surface area contributed by atoms with Crippen LogP contribution in [0.15, 0.2) is 0 Å². The number of hydrogen-bond acceptors (Lipinski definition) is 5. The van der Waals surface area contributed by atoms with E-state index in [0.29, 0.717) is 0 Å². The number of piperidine rings is 1. The van der Waals surface area contributed by atoms with E-state index in [1.165, 1.54) is 32.6 Å². The minimum Gasteiger partial charge on any atom is -0.462 e. The second-order valence-electron chi connectivity index (χ2n) is 9.01. The number of hydroxylamine groups is 2. The minimum atomic E-state index is -0.199. The largest absolute Gasteiger partial charge is 0.462 e. The summed E-state index contributed by atoms with van der Waals surface area (Å²) in [6.45, 7) is 19.0. The van der Waals surface area contributed by atoms with Gasteiger partial charge in [0, 0.05) is 43.9 Å². The Balaban J connectivity index is 2.85. The lowest BCUT2D eigenvalue weighted by atomic mass is 9.80. The lowest BCUT2D eigenvalue weighted by Gasteiger charge is -2.54. The number of ether oxygens (including phenoxy) is 1. The van der Waals surface area contributed by atoms with Gasteiger partial charge in [0.2, 0.25) is 0 Å². The fourth-order valence-corrected chi connectivity index (χ4v) is 4.19. The number of hydrogen-bond donors (Lipinski definition) is 0. The maximum absolute atomic E-state index is 11.4. The first kappa shape index (κ1) is 23.4. The molecule has 0 aromatic carbocycles. The second kappa shape index (κ2) is 10.0. The van der Waals surface area contributed by atoms with Crippen LogP contribution in [0.25, 0.3) is 0 Å². The molecule has 0 amide bonds. The van der Waals surface area contributed by atoms with Gasteiger partial charge < -0.3 is 4.74 Å². The lowest BCUT2D eigenvalue weighted by Crippen LogP contribution is -2.63. The molecule has 1 aliphatic heterocycles. The molecular weight excluding hydrogens is 328 g/mol. The molecule has 154 valence electrons. The SMILES string of the molecule is CCCCN(CCCC)C(C)ON1C(C)(C)CC(OC(C)=O)CC1(C)C. The highest BCUT2D eigenvalue weighted by atomic mass is 16.7.